The minimum atomic E-state index is -4.62. The number of aliphatic carboxylic acids is 1. The Labute approximate surface area is 82.6 Å². The molecule has 0 heterocycles. The van der Waals surface area contributed by atoms with Crippen LogP contribution in [0.15, 0.2) is 11.4 Å². The van der Waals surface area contributed by atoms with E-state index in [4.69, 9.17) is 14.9 Å². The van der Waals surface area contributed by atoms with Crippen molar-refractivity contribution in [3.63, 3.8) is 0 Å². The summed E-state index contributed by atoms with van der Waals surface area (Å²) < 4.78 is 10.7. The Bertz CT molecular complexity index is 265. The summed E-state index contributed by atoms with van der Waals surface area (Å²) in [4.78, 5) is 27.8. The molecule has 0 aliphatic rings. The number of hydrogen-bond acceptors (Lipinski definition) is 2. The summed E-state index contributed by atoms with van der Waals surface area (Å²) >= 11 is 0. The molecular weight excluding hydrogens is 207 g/mol. The second-order valence-electron chi connectivity index (χ2n) is 2.93. The monoisotopic (exact) mass is 222 g/mol. The van der Waals surface area contributed by atoms with Crippen LogP contribution in [0.4, 0.5) is 0 Å². The smallest absolute Gasteiger partial charge is 0.363 e. The molecular formula is C8H15O5P. The van der Waals surface area contributed by atoms with Crippen molar-refractivity contribution < 1.29 is 24.3 Å². The van der Waals surface area contributed by atoms with Gasteiger partial charge in [0.15, 0.2) is 0 Å². The summed E-state index contributed by atoms with van der Waals surface area (Å²) in [5.74, 6) is -1.55. The van der Waals surface area contributed by atoms with Gasteiger partial charge in [-0.3, -0.25) is 4.57 Å². The number of hydrogen-bond donors (Lipinski definition) is 3. The van der Waals surface area contributed by atoms with Gasteiger partial charge in [-0.15, -0.1) is 0 Å². The first kappa shape index (κ1) is 13.4. The van der Waals surface area contributed by atoms with Crippen LogP contribution >= 0.6 is 7.60 Å². The predicted octanol–water partition coefficient (Wildman–Crippen LogP) is 1.71. The Kier molecular flexibility index (Phi) is 5.69. The molecule has 0 atom stereocenters. The van der Waals surface area contributed by atoms with Gasteiger partial charge in [-0.1, -0.05) is 25.8 Å². The highest BCUT2D eigenvalue weighted by molar-refractivity contribution is 7.57. The Balaban J connectivity index is 4.37. The van der Waals surface area contributed by atoms with Crippen LogP contribution in [0.25, 0.3) is 0 Å². The third-order valence-corrected chi connectivity index (χ3v) is 2.68. The lowest BCUT2D eigenvalue weighted by molar-refractivity contribution is -0.132. The molecule has 0 aromatic rings. The molecule has 0 unspecified atom stereocenters. The van der Waals surface area contributed by atoms with Gasteiger partial charge in [0.05, 0.1) is 0 Å². The van der Waals surface area contributed by atoms with Crippen molar-refractivity contribution >= 4 is 13.6 Å². The molecule has 0 aliphatic carbocycles. The van der Waals surface area contributed by atoms with Crippen LogP contribution in [0.3, 0.4) is 0 Å². The molecule has 6 heteroatoms. The lowest BCUT2D eigenvalue weighted by atomic mass is 10.2. The first-order valence-corrected chi connectivity index (χ1v) is 6.00. The molecule has 0 aromatic carbocycles. The lowest BCUT2D eigenvalue weighted by Crippen LogP contribution is -2.01. The zero-order valence-electron chi connectivity index (χ0n) is 8.01. The zero-order chi connectivity index (χ0) is 11.2. The van der Waals surface area contributed by atoms with Gasteiger partial charge in [0, 0.05) is 0 Å². The van der Waals surface area contributed by atoms with Gasteiger partial charge < -0.3 is 14.9 Å². The SMILES string of the molecule is CCCCCC=C(C(=O)O)P(=O)(O)O. The average molecular weight is 222 g/mol. The van der Waals surface area contributed by atoms with Gasteiger partial charge in [-0.2, -0.15) is 0 Å². The molecule has 0 saturated heterocycles. The van der Waals surface area contributed by atoms with E-state index in [1.54, 1.807) is 0 Å². The fraction of sp³-hybridized carbons (Fsp3) is 0.625. The highest BCUT2D eigenvalue weighted by Crippen LogP contribution is 2.45. The second-order valence-corrected chi connectivity index (χ2v) is 4.50. The molecule has 82 valence electrons. The van der Waals surface area contributed by atoms with Gasteiger partial charge in [0.25, 0.3) is 0 Å². The third kappa shape index (κ3) is 5.17. The van der Waals surface area contributed by atoms with Gasteiger partial charge in [-0.25, -0.2) is 4.79 Å². The van der Waals surface area contributed by atoms with E-state index in [2.05, 4.69) is 0 Å². The van der Waals surface area contributed by atoms with Crippen molar-refractivity contribution in [3.8, 4) is 0 Å². The fourth-order valence-electron chi connectivity index (χ4n) is 0.964. The fourth-order valence-corrected chi connectivity index (χ4v) is 1.58. The van der Waals surface area contributed by atoms with E-state index in [1.165, 1.54) is 0 Å². The van der Waals surface area contributed by atoms with Crippen LogP contribution in [-0.4, -0.2) is 20.9 Å². The van der Waals surface area contributed by atoms with Gasteiger partial charge >= 0.3 is 13.6 Å². The molecule has 0 amide bonds. The molecule has 0 aromatic heterocycles. The van der Waals surface area contributed by atoms with Crippen molar-refractivity contribution in [1.82, 2.24) is 0 Å². The molecule has 3 N–H and O–H groups in total. The average Bonchev–Trinajstić information content (AvgIpc) is 2.01. The molecule has 0 radical (unpaired) electrons. The molecule has 0 saturated carbocycles. The van der Waals surface area contributed by atoms with Crippen LogP contribution in [0.5, 0.6) is 0 Å². The minimum Gasteiger partial charge on any atom is -0.477 e. The largest absolute Gasteiger partial charge is 0.477 e. The van der Waals surface area contributed by atoms with Gasteiger partial charge in [-0.05, 0) is 12.8 Å². The van der Waals surface area contributed by atoms with Crippen LogP contribution in [-0.2, 0) is 9.36 Å². The Morgan fingerprint density at radius 3 is 2.29 bits per heavy atom. The standard InChI is InChI=1S/C8H15O5P/c1-2-3-4-5-6-7(8(9)10)14(11,12)13/h6H,2-5H2,1H3,(H,9,10)(H2,11,12,13). The minimum absolute atomic E-state index is 0.389. The van der Waals surface area contributed by atoms with Crippen molar-refractivity contribution in [1.29, 1.82) is 0 Å². The van der Waals surface area contributed by atoms with E-state index in [-0.39, 0.29) is 0 Å². The zero-order valence-corrected chi connectivity index (χ0v) is 8.91. The number of allylic oxidation sites excluding steroid dienone is 1. The van der Waals surface area contributed by atoms with Crippen molar-refractivity contribution in [2.24, 2.45) is 0 Å². The summed E-state index contributed by atoms with van der Waals surface area (Å²) in [7, 11) is -4.62. The van der Waals surface area contributed by atoms with Crippen molar-refractivity contribution in [2.75, 3.05) is 0 Å². The second kappa shape index (κ2) is 5.96. The Hall–Kier alpha value is -0.640. The van der Waals surface area contributed by atoms with Crippen LogP contribution in [0.2, 0.25) is 0 Å². The predicted molar refractivity (Wildman–Crippen MR) is 51.9 cm³/mol. The quantitative estimate of drug-likeness (QED) is 0.361. The molecule has 0 spiro atoms. The summed E-state index contributed by atoms with van der Waals surface area (Å²) in [6, 6.07) is 0. The van der Waals surface area contributed by atoms with E-state index in [9.17, 15) is 9.36 Å². The van der Waals surface area contributed by atoms with Gasteiger partial charge in [0.1, 0.15) is 5.31 Å². The summed E-state index contributed by atoms with van der Waals surface area (Å²) in [6.07, 6.45) is 4.14. The molecule has 0 rings (SSSR count). The number of unbranched alkanes of at least 4 members (excludes halogenated alkanes) is 3. The highest BCUT2D eigenvalue weighted by atomic mass is 31.2. The summed E-state index contributed by atoms with van der Waals surface area (Å²) in [5, 5.41) is 7.71. The maximum absolute atomic E-state index is 10.7. The van der Waals surface area contributed by atoms with E-state index in [0.717, 1.165) is 25.3 Å². The maximum Gasteiger partial charge on any atom is 0.363 e. The molecule has 0 aliphatic heterocycles. The lowest BCUT2D eigenvalue weighted by Gasteiger charge is -2.03. The highest BCUT2D eigenvalue weighted by Gasteiger charge is 2.26. The van der Waals surface area contributed by atoms with E-state index >= 15 is 0 Å². The number of carboxylic acids is 1. The van der Waals surface area contributed by atoms with Gasteiger partial charge in [0.2, 0.25) is 0 Å². The first-order chi connectivity index (χ1) is 6.39. The summed E-state index contributed by atoms with van der Waals surface area (Å²) in [6.45, 7) is 1.99. The summed E-state index contributed by atoms with van der Waals surface area (Å²) in [5.41, 5.74) is 0. The number of carboxylic acid groups (broad SMARTS) is 1. The van der Waals surface area contributed by atoms with Crippen LogP contribution in [0, 0.1) is 0 Å². The van der Waals surface area contributed by atoms with E-state index in [0.29, 0.717) is 6.42 Å². The molecule has 0 fully saturated rings. The normalized spacial score (nSPS) is 12.9. The molecule has 14 heavy (non-hydrogen) atoms. The molecule has 5 nitrogen and oxygen atoms in total. The van der Waals surface area contributed by atoms with E-state index < -0.39 is 18.9 Å². The Morgan fingerprint density at radius 1 is 1.36 bits per heavy atom. The maximum atomic E-state index is 10.7. The van der Waals surface area contributed by atoms with Crippen molar-refractivity contribution in [3.05, 3.63) is 11.4 Å². The first-order valence-electron chi connectivity index (χ1n) is 4.39. The van der Waals surface area contributed by atoms with Crippen LogP contribution in [0.1, 0.15) is 32.6 Å². The number of rotatable bonds is 6. The van der Waals surface area contributed by atoms with Crippen molar-refractivity contribution in [2.45, 2.75) is 32.6 Å². The topological polar surface area (TPSA) is 94.8 Å². The third-order valence-electron chi connectivity index (χ3n) is 1.68. The van der Waals surface area contributed by atoms with E-state index in [1.807, 2.05) is 6.92 Å². The van der Waals surface area contributed by atoms with Crippen LogP contribution < -0.4 is 0 Å². The number of carbonyl (C=O) groups is 1. The Morgan fingerprint density at radius 2 is 1.93 bits per heavy atom. The molecule has 0 bridgehead atoms.